The van der Waals surface area contributed by atoms with Crippen LogP contribution in [0.1, 0.15) is 11.1 Å². The lowest BCUT2D eigenvalue weighted by Gasteiger charge is -2.19. The zero-order chi connectivity index (χ0) is 17.9. The molecule has 1 N–H and O–H groups in total. The van der Waals surface area contributed by atoms with Gasteiger partial charge in [-0.1, -0.05) is 23.7 Å². The van der Waals surface area contributed by atoms with Crippen molar-refractivity contribution >= 4 is 34.6 Å². The number of nitro benzene ring substituents is 1. The first kappa shape index (κ1) is 17.7. The van der Waals surface area contributed by atoms with E-state index in [1.54, 1.807) is 13.1 Å². The summed E-state index contributed by atoms with van der Waals surface area (Å²) in [5.74, 6) is -0.254. The summed E-state index contributed by atoms with van der Waals surface area (Å²) >= 11 is 5.81. The molecule has 0 aliphatic rings. The van der Waals surface area contributed by atoms with Crippen molar-refractivity contribution in [2.24, 2.45) is 0 Å². The Morgan fingerprint density at radius 3 is 2.62 bits per heavy atom. The third kappa shape index (κ3) is 4.23. The molecular weight excluding hydrogens is 330 g/mol. The molecule has 0 spiro atoms. The second-order valence-electron chi connectivity index (χ2n) is 5.61. The Hall–Kier alpha value is -2.60. The molecule has 2 aromatic carbocycles. The van der Waals surface area contributed by atoms with Crippen molar-refractivity contribution in [1.29, 1.82) is 0 Å². The van der Waals surface area contributed by atoms with Crippen LogP contribution in [0.25, 0.3) is 0 Å². The minimum atomic E-state index is -0.514. The van der Waals surface area contributed by atoms with Gasteiger partial charge in [0.15, 0.2) is 0 Å². The van der Waals surface area contributed by atoms with Gasteiger partial charge in [-0.15, -0.1) is 0 Å². The number of hydrogen-bond donors (Lipinski definition) is 1. The molecule has 0 radical (unpaired) electrons. The zero-order valence-corrected chi connectivity index (χ0v) is 14.4. The molecule has 0 aliphatic carbocycles. The third-order valence-corrected chi connectivity index (χ3v) is 3.83. The van der Waals surface area contributed by atoms with Crippen LogP contribution >= 0.6 is 11.6 Å². The lowest BCUT2D eigenvalue weighted by Crippen LogP contribution is -2.30. The molecule has 1 amide bonds. The summed E-state index contributed by atoms with van der Waals surface area (Å²) in [6.07, 6.45) is 0. The summed E-state index contributed by atoms with van der Waals surface area (Å²) in [7, 11) is 1.62. The summed E-state index contributed by atoms with van der Waals surface area (Å²) in [4.78, 5) is 24.4. The minimum absolute atomic E-state index is 0.0180. The average Bonchev–Trinajstić information content (AvgIpc) is 2.50. The van der Waals surface area contributed by atoms with Gasteiger partial charge in [-0.05, 0) is 43.2 Å². The molecule has 0 bridgehead atoms. The second-order valence-corrected chi connectivity index (χ2v) is 6.05. The Balaban J connectivity index is 2.15. The van der Waals surface area contributed by atoms with Crippen molar-refractivity contribution in [1.82, 2.24) is 0 Å². The van der Waals surface area contributed by atoms with E-state index in [2.05, 4.69) is 5.32 Å². The molecule has 0 aromatic heterocycles. The Morgan fingerprint density at radius 2 is 1.96 bits per heavy atom. The van der Waals surface area contributed by atoms with E-state index in [1.165, 1.54) is 17.0 Å². The molecule has 126 valence electrons. The van der Waals surface area contributed by atoms with Gasteiger partial charge in [-0.3, -0.25) is 14.9 Å². The fraction of sp³-hybridized carbons (Fsp3) is 0.235. The number of hydrogen-bond acceptors (Lipinski definition) is 4. The van der Waals surface area contributed by atoms with Crippen molar-refractivity contribution < 1.29 is 9.72 Å². The fourth-order valence-corrected chi connectivity index (χ4v) is 2.49. The van der Waals surface area contributed by atoms with E-state index in [0.717, 1.165) is 16.8 Å². The van der Waals surface area contributed by atoms with Crippen molar-refractivity contribution in [2.75, 3.05) is 23.8 Å². The normalized spacial score (nSPS) is 10.3. The summed E-state index contributed by atoms with van der Waals surface area (Å²) in [5.41, 5.74) is 2.93. The Labute approximate surface area is 145 Å². The molecule has 2 rings (SSSR count). The number of nitrogens with zero attached hydrogens (tertiary/aromatic N) is 2. The van der Waals surface area contributed by atoms with E-state index in [1.807, 2.05) is 32.0 Å². The predicted molar refractivity (Wildman–Crippen MR) is 95.9 cm³/mol. The number of halogens is 1. The molecule has 6 nitrogen and oxygen atoms in total. The smallest absolute Gasteiger partial charge is 0.294 e. The van der Waals surface area contributed by atoms with Gasteiger partial charge in [0, 0.05) is 23.8 Å². The average molecular weight is 348 g/mol. The topological polar surface area (TPSA) is 75.5 Å². The molecule has 0 atom stereocenters. The summed E-state index contributed by atoms with van der Waals surface area (Å²) in [5, 5.41) is 14.3. The van der Waals surface area contributed by atoms with Crippen LogP contribution in [0.15, 0.2) is 36.4 Å². The van der Waals surface area contributed by atoms with Gasteiger partial charge in [0.25, 0.3) is 5.69 Å². The Kier molecular flexibility index (Phi) is 5.41. The number of aryl methyl sites for hydroxylation is 2. The molecule has 0 saturated carbocycles. The number of amides is 1. The van der Waals surface area contributed by atoms with Crippen molar-refractivity contribution in [3.63, 3.8) is 0 Å². The molecule has 0 fully saturated rings. The lowest BCUT2D eigenvalue weighted by molar-refractivity contribution is -0.384. The maximum absolute atomic E-state index is 12.3. The quantitative estimate of drug-likeness (QED) is 0.656. The Bertz CT molecular complexity index is 793. The number of rotatable bonds is 5. The van der Waals surface area contributed by atoms with Gasteiger partial charge in [0.05, 0.1) is 11.5 Å². The maximum Gasteiger partial charge on any atom is 0.294 e. The van der Waals surface area contributed by atoms with Gasteiger partial charge in [-0.25, -0.2) is 0 Å². The van der Waals surface area contributed by atoms with Crippen molar-refractivity contribution in [3.05, 3.63) is 62.7 Å². The van der Waals surface area contributed by atoms with E-state index in [-0.39, 0.29) is 23.2 Å². The number of anilines is 2. The highest BCUT2D eigenvalue weighted by molar-refractivity contribution is 6.30. The van der Waals surface area contributed by atoms with E-state index in [9.17, 15) is 14.9 Å². The van der Waals surface area contributed by atoms with Crippen LogP contribution in [0.5, 0.6) is 0 Å². The van der Waals surface area contributed by atoms with Gasteiger partial charge in [0.2, 0.25) is 5.91 Å². The van der Waals surface area contributed by atoms with Gasteiger partial charge < -0.3 is 10.2 Å². The van der Waals surface area contributed by atoms with Gasteiger partial charge in [-0.2, -0.15) is 0 Å². The number of carbonyl (C=O) groups is 1. The highest BCUT2D eigenvalue weighted by atomic mass is 35.5. The van der Waals surface area contributed by atoms with E-state index in [4.69, 9.17) is 11.6 Å². The maximum atomic E-state index is 12.3. The summed E-state index contributed by atoms with van der Waals surface area (Å²) in [6, 6.07) is 10.1. The molecule has 0 unspecified atom stereocenters. The van der Waals surface area contributed by atoms with Gasteiger partial charge in [0.1, 0.15) is 5.69 Å². The van der Waals surface area contributed by atoms with Crippen LogP contribution in [-0.2, 0) is 4.79 Å². The lowest BCUT2D eigenvalue weighted by atomic mass is 10.1. The highest BCUT2D eigenvalue weighted by Crippen LogP contribution is 2.30. The van der Waals surface area contributed by atoms with E-state index >= 15 is 0 Å². The first-order valence-corrected chi connectivity index (χ1v) is 7.68. The number of benzene rings is 2. The molecule has 0 aliphatic heterocycles. The van der Waals surface area contributed by atoms with Crippen LogP contribution in [0.4, 0.5) is 17.1 Å². The van der Waals surface area contributed by atoms with E-state index in [0.29, 0.717) is 5.69 Å². The van der Waals surface area contributed by atoms with Crippen LogP contribution in [-0.4, -0.2) is 24.4 Å². The van der Waals surface area contributed by atoms with Crippen molar-refractivity contribution in [3.8, 4) is 0 Å². The standard InChI is InChI=1S/C17H18ClN3O3/c1-11-4-5-12(2)14(8-11)19-17(22)10-20(3)15-7-6-13(18)9-16(15)21(23)24/h4-9H,10H2,1-3H3,(H,19,22). The highest BCUT2D eigenvalue weighted by Gasteiger charge is 2.19. The van der Waals surface area contributed by atoms with Crippen LogP contribution in [0, 0.1) is 24.0 Å². The zero-order valence-electron chi connectivity index (χ0n) is 13.7. The number of likely N-dealkylation sites (N-methyl/N-ethyl adjacent to an activating group) is 1. The van der Waals surface area contributed by atoms with Crippen LogP contribution in [0.3, 0.4) is 0 Å². The molecule has 2 aromatic rings. The van der Waals surface area contributed by atoms with Crippen molar-refractivity contribution in [2.45, 2.75) is 13.8 Å². The molecule has 0 saturated heterocycles. The second kappa shape index (κ2) is 7.31. The summed E-state index contributed by atoms with van der Waals surface area (Å²) < 4.78 is 0. The van der Waals surface area contributed by atoms with Gasteiger partial charge >= 0.3 is 0 Å². The SMILES string of the molecule is Cc1ccc(C)c(NC(=O)CN(C)c2ccc(Cl)cc2[N+](=O)[O-])c1. The largest absolute Gasteiger partial charge is 0.360 e. The predicted octanol–water partition coefficient (Wildman–Crippen LogP) is 3.94. The first-order valence-electron chi connectivity index (χ1n) is 7.30. The van der Waals surface area contributed by atoms with Crippen LogP contribution < -0.4 is 10.2 Å². The number of carbonyl (C=O) groups excluding carboxylic acids is 1. The fourth-order valence-electron chi connectivity index (χ4n) is 2.33. The number of nitrogens with one attached hydrogen (secondary N) is 1. The summed E-state index contributed by atoms with van der Waals surface area (Å²) in [6.45, 7) is 3.83. The van der Waals surface area contributed by atoms with E-state index < -0.39 is 4.92 Å². The molecule has 0 heterocycles. The first-order chi connectivity index (χ1) is 11.3. The molecule has 24 heavy (non-hydrogen) atoms. The van der Waals surface area contributed by atoms with Crippen LogP contribution in [0.2, 0.25) is 5.02 Å². The molecule has 7 heteroatoms. The number of nitro groups is 1. The monoisotopic (exact) mass is 347 g/mol. The molecular formula is C17H18ClN3O3. The Morgan fingerprint density at radius 1 is 1.25 bits per heavy atom. The third-order valence-electron chi connectivity index (χ3n) is 3.59. The minimum Gasteiger partial charge on any atom is -0.360 e.